The summed E-state index contributed by atoms with van der Waals surface area (Å²) in [7, 11) is 0. The average molecular weight is 472 g/mol. The number of pyridine rings is 2. The molecule has 6 rings (SSSR count). The Hall–Kier alpha value is -3.52. The number of benzene rings is 1. The van der Waals surface area contributed by atoms with Crippen LogP contribution in [0, 0.1) is 5.92 Å². The molecule has 0 bridgehead atoms. The van der Waals surface area contributed by atoms with Crippen molar-refractivity contribution in [1.29, 1.82) is 0 Å². The van der Waals surface area contributed by atoms with Crippen molar-refractivity contribution < 1.29 is 9.59 Å². The molecule has 1 saturated heterocycles. The SMILES string of the molecule is C[C@@H]1CNc2c(sc3ccc4nc(-c5ccc(N6CCC(C=O)CC6)nc5)ccc4c23)C(=O)N1. The fourth-order valence-electron chi connectivity index (χ4n) is 4.88. The van der Waals surface area contributed by atoms with Gasteiger partial charge >= 0.3 is 0 Å². The fraction of sp³-hybridized carbons (Fsp3) is 0.308. The van der Waals surface area contributed by atoms with Crippen molar-refractivity contribution in [3.05, 3.63) is 47.5 Å². The number of aldehydes is 1. The van der Waals surface area contributed by atoms with Gasteiger partial charge in [-0.05, 0) is 56.2 Å². The van der Waals surface area contributed by atoms with Gasteiger partial charge in [0, 0.05) is 58.8 Å². The molecule has 0 spiro atoms. The van der Waals surface area contributed by atoms with Crippen molar-refractivity contribution in [3.63, 3.8) is 0 Å². The number of nitrogens with zero attached hydrogens (tertiary/aromatic N) is 3. The number of hydrogen-bond acceptors (Lipinski definition) is 7. The maximum Gasteiger partial charge on any atom is 0.263 e. The number of amides is 1. The second-order valence-electron chi connectivity index (χ2n) is 9.13. The van der Waals surface area contributed by atoms with Crippen LogP contribution in [0.4, 0.5) is 11.5 Å². The highest BCUT2D eigenvalue weighted by Gasteiger charge is 2.25. The molecule has 2 aliphatic heterocycles. The van der Waals surface area contributed by atoms with Crippen LogP contribution >= 0.6 is 11.3 Å². The average Bonchev–Trinajstić information content (AvgIpc) is 3.20. The first-order valence-corrected chi connectivity index (χ1v) is 12.5. The summed E-state index contributed by atoms with van der Waals surface area (Å²) in [6, 6.07) is 12.4. The van der Waals surface area contributed by atoms with E-state index in [-0.39, 0.29) is 17.9 Å². The van der Waals surface area contributed by atoms with E-state index in [1.54, 1.807) is 0 Å². The van der Waals surface area contributed by atoms with Gasteiger partial charge in [-0.25, -0.2) is 9.97 Å². The predicted molar refractivity (Wildman–Crippen MR) is 137 cm³/mol. The van der Waals surface area contributed by atoms with E-state index in [1.165, 1.54) is 11.3 Å². The molecule has 1 amide bonds. The second-order valence-corrected chi connectivity index (χ2v) is 10.2. The van der Waals surface area contributed by atoms with Crippen molar-refractivity contribution >= 4 is 56.0 Å². The predicted octanol–water partition coefficient (Wildman–Crippen LogP) is 4.47. The molecule has 7 nitrogen and oxygen atoms in total. The molecule has 172 valence electrons. The molecule has 34 heavy (non-hydrogen) atoms. The quantitative estimate of drug-likeness (QED) is 0.429. The van der Waals surface area contributed by atoms with E-state index in [2.05, 4.69) is 38.7 Å². The van der Waals surface area contributed by atoms with E-state index in [0.717, 1.165) is 80.8 Å². The zero-order valence-corrected chi connectivity index (χ0v) is 19.7. The van der Waals surface area contributed by atoms with E-state index in [1.807, 2.05) is 31.3 Å². The van der Waals surface area contributed by atoms with Gasteiger partial charge in [-0.1, -0.05) is 0 Å². The summed E-state index contributed by atoms with van der Waals surface area (Å²) in [5.41, 5.74) is 3.63. The number of aromatic nitrogens is 2. The van der Waals surface area contributed by atoms with Crippen LogP contribution in [0.1, 0.15) is 29.4 Å². The van der Waals surface area contributed by atoms with E-state index >= 15 is 0 Å². The molecular weight excluding hydrogens is 446 g/mol. The Morgan fingerprint density at radius 3 is 2.74 bits per heavy atom. The standard InChI is InChI=1S/C26H25N5O2S/c1-15-12-28-24-23-18-3-4-19(30-20(18)5-6-21(23)34-25(24)26(33)29-15)17-2-7-22(27-13-17)31-10-8-16(14-32)9-11-31/h2-7,13-16,28H,8-12H2,1H3,(H,29,33)/t15-/m1/s1. The highest BCUT2D eigenvalue weighted by molar-refractivity contribution is 7.21. The van der Waals surface area contributed by atoms with Crippen molar-refractivity contribution in [2.45, 2.75) is 25.8 Å². The lowest BCUT2D eigenvalue weighted by atomic mass is 9.98. The molecule has 1 aromatic carbocycles. The van der Waals surface area contributed by atoms with Crippen molar-refractivity contribution in [2.75, 3.05) is 29.9 Å². The zero-order valence-electron chi connectivity index (χ0n) is 18.9. The molecule has 0 radical (unpaired) electrons. The maximum absolute atomic E-state index is 12.7. The molecule has 0 unspecified atom stereocenters. The summed E-state index contributed by atoms with van der Waals surface area (Å²) < 4.78 is 1.08. The summed E-state index contributed by atoms with van der Waals surface area (Å²) in [4.78, 5) is 36.2. The first-order chi connectivity index (χ1) is 16.6. The van der Waals surface area contributed by atoms with E-state index < -0.39 is 0 Å². The molecule has 4 aromatic rings. The fourth-order valence-corrected chi connectivity index (χ4v) is 5.97. The summed E-state index contributed by atoms with van der Waals surface area (Å²) in [6.07, 6.45) is 4.72. The summed E-state index contributed by atoms with van der Waals surface area (Å²) >= 11 is 1.52. The maximum atomic E-state index is 12.7. The molecule has 2 aliphatic rings. The van der Waals surface area contributed by atoms with Crippen LogP contribution in [0.5, 0.6) is 0 Å². The highest BCUT2D eigenvalue weighted by Crippen LogP contribution is 2.41. The van der Waals surface area contributed by atoms with Crippen LogP contribution in [0.25, 0.3) is 32.2 Å². The van der Waals surface area contributed by atoms with Crippen LogP contribution in [0.3, 0.4) is 0 Å². The van der Waals surface area contributed by atoms with Gasteiger partial charge in [-0.3, -0.25) is 4.79 Å². The molecule has 0 aliphatic carbocycles. The van der Waals surface area contributed by atoms with Crippen molar-refractivity contribution in [2.24, 2.45) is 5.92 Å². The lowest BCUT2D eigenvalue weighted by Gasteiger charge is -2.30. The van der Waals surface area contributed by atoms with E-state index in [4.69, 9.17) is 4.98 Å². The second kappa shape index (κ2) is 8.36. The molecule has 8 heteroatoms. The number of nitrogens with one attached hydrogen (secondary N) is 2. The van der Waals surface area contributed by atoms with Gasteiger partial charge < -0.3 is 20.3 Å². The third-order valence-corrected chi connectivity index (χ3v) is 7.94. The van der Waals surface area contributed by atoms with Crippen molar-refractivity contribution in [3.8, 4) is 11.3 Å². The van der Waals surface area contributed by atoms with Gasteiger partial charge in [0.25, 0.3) is 5.91 Å². The number of carbonyl (C=O) groups excluding carboxylic acids is 2. The minimum atomic E-state index is -0.0204. The summed E-state index contributed by atoms with van der Waals surface area (Å²) in [5.74, 6) is 1.10. The van der Waals surface area contributed by atoms with Gasteiger partial charge in [-0.2, -0.15) is 0 Å². The van der Waals surface area contributed by atoms with Gasteiger partial charge in [0.05, 0.1) is 16.9 Å². The van der Waals surface area contributed by atoms with Gasteiger partial charge in [0.2, 0.25) is 0 Å². The number of carbonyl (C=O) groups is 2. The van der Waals surface area contributed by atoms with Crippen molar-refractivity contribution in [1.82, 2.24) is 15.3 Å². The minimum absolute atomic E-state index is 0.0204. The van der Waals surface area contributed by atoms with Gasteiger partial charge in [-0.15, -0.1) is 11.3 Å². The zero-order chi connectivity index (χ0) is 23.2. The Morgan fingerprint density at radius 1 is 1.12 bits per heavy atom. The molecule has 1 atom stereocenters. The number of anilines is 2. The van der Waals surface area contributed by atoms with Crippen LogP contribution in [0.15, 0.2) is 42.6 Å². The summed E-state index contributed by atoms with van der Waals surface area (Å²) in [6.45, 7) is 4.41. The van der Waals surface area contributed by atoms with E-state index in [0.29, 0.717) is 6.54 Å². The Kier molecular flexibility index (Phi) is 5.17. The summed E-state index contributed by atoms with van der Waals surface area (Å²) in [5, 5.41) is 8.62. The first-order valence-electron chi connectivity index (χ1n) is 11.7. The number of fused-ring (bicyclic) bond motifs is 5. The molecule has 3 aromatic heterocycles. The normalized spacial score (nSPS) is 18.9. The minimum Gasteiger partial charge on any atom is -0.381 e. The van der Waals surface area contributed by atoms with Gasteiger partial charge in [0.15, 0.2) is 0 Å². The smallest absolute Gasteiger partial charge is 0.263 e. The van der Waals surface area contributed by atoms with E-state index in [9.17, 15) is 9.59 Å². The number of hydrogen-bond donors (Lipinski definition) is 2. The van der Waals surface area contributed by atoms with Crippen LogP contribution in [0.2, 0.25) is 0 Å². The van der Waals surface area contributed by atoms with Crippen LogP contribution in [-0.4, -0.2) is 47.8 Å². The number of piperidine rings is 1. The van der Waals surface area contributed by atoms with Gasteiger partial charge in [0.1, 0.15) is 17.0 Å². The Labute approximate surface area is 201 Å². The Morgan fingerprint density at radius 2 is 1.97 bits per heavy atom. The lowest BCUT2D eigenvalue weighted by molar-refractivity contribution is -0.111. The molecule has 5 heterocycles. The molecule has 1 fully saturated rings. The Balaban J connectivity index is 1.33. The van der Waals surface area contributed by atoms with Crippen LogP contribution in [-0.2, 0) is 4.79 Å². The largest absolute Gasteiger partial charge is 0.381 e. The van der Waals surface area contributed by atoms with Crippen LogP contribution < -0.4 is 15.5 Å². The monoisotopic (exact) mass is 471 g/mol. The molecular formula is C26H25N5O2S. The third-order valence-electron chi connectivity index (χ3n) is 6.79. The molecule has 2 N–H and O–H groups in total. The molecule has 0 saturated carbocycles. The number of thiophene rings is 1. The number of rotatable bonds is 3. The topological polar surface area (TPSA) is 87.2 Å². The Bertz CT molecular complexity index is 1410. The highest BCUT2D eigenvalue weighted by atomic mass is 32.1. The first kappa shape index (κ1) is 21.0. The third kappa shape index (κ3) is 3.58. The lowest BCUT2D eigenvalue weighted by Crippen LogP contribution is -2.34.